The van der Waals surface area contributed by atoms with Gasteiger partial charge >= 0.3 is 6.03 Å². The summed E-state index contributed by atoms with van der Waals surface area (Å²) in [7, 11) is 2.11. The summed E-state index contributed by atoms with van der Waals surface area (Å²) in [5.41, 5.74) is 3.20. The van der Waals surface area contributed by atoms with Crippen LogP contribution in [-0.2, 0) is 0 Å². The SMILES string of the molecule is C=CC1=C(C=C)[C@H](c2ccc(F)cc2)N(C(=O)N[C@H]2CN(C)CC23CC3)CC1.[HH]. The van der Waals surface area contributed by atoms with E-state index in [-0.39, 0.29) is 30.8 Å². The van der Waals surface area contributed by atoms with Crippen LogP contribution in [0.25, 0.3) is 0 Å². The van der Waals surface area contributed by atoms with Gasteiger partial charge in [-0.3, -0.25) is 0 Å². The number of nitrogens with zero attached hydrogens (tertiary/aromatic N) is 2. The Morgan fingerprint density at radius 3 is 2.61 bits per heavy atom. The lowest BCUT2D eigenvalue weighted by Crippen LogP contribution is -2.51. The highest BCUT2D eigenvalue weighted by atomic mass is 19.1. The van der Waals surface area contributed by atoms with Crippen molar-refractivity contribution in [3.63, 3.8) is 0 Å². The van der Waals surface area contributed by atoms with E-state index in [9.17, 15) is 9.18 Å². The minimum Gasteiger partial charge on any atom is -0.333 e. The number of likely N-dealkylation sites (tertiary alicyclic amines) is 1. The minimum absolute atomic E-state index is 0. The van der Waals surface area contributed by atoms with Gasteiger partial charge in [0.15, 0.2) is 0 Å². The van der Waals surface area contributed by atoms with E-state index in [1.54, 1.807) is 18.2 Å². The summed E-state index contributed by atoms with van der Waals surface area (Å²) in [6, 6.07) is 6.25. The highest BCUT2D eigenvalue weighted by Crippen LogP contribution is 2.52. The van der Waals surface area contributed by atoms with E-state index in [4.69, 9.17) is 0 Å². The Kier molecular flexibility index (Phi) is 4.88. The standard InChI is InChI=1S/C23H28FN3O.H2/c1-4-16-10-13-27(21(19(16)5-2)17-6-8-18(24)9-7-17)22(28)25-20-14-26(3)15-23(20)11-12-23;/h4-9,20-21H,1-2,10-15H2,3H3,(H,25,28);1H/t20-,21-;/m0./s1. The third kappa shape index (κ3) is 3.28. The first-order valence-electron chi connectivity index (χ1n) is 9.96. The zero-order valence-electron chi connectivity index (χ0n) is 16.5. The lowest BCUT2D eigenvalue weighted by Gasteiger charge is -2.39. The van der Waals surface area contributed by atoms with Crippen molar-refractivity contribution < 1.29 is 10.6 Å². The summed E-state index contributed by atoms with van der Waals surface area (Å²) in [6.07, 6.45) is 6.75. The first-order chi connectivity index (χ1) is 13.5. The van der Waals surface area contributed by atoms with Crippen LogP contribution in [0.15, 0.2) is 60.7 Å². The highest BCUT2D eigenvalue weighted by molar-refractivity contribution is 5.77. The molecule has 0 unspecified atom stereocenters. The van der Waals surface area contributed by atoms with Gasteiger partial charge in [0, 0.05) is 26.5 Å². The molecule has 2 aliphatic heterocycles. The Balaban J connectivity index is 0.00000240. The van der Waals surface area contributed by atoms with Gasteiger partial charge in [0.05, 0.1) is 12.1 Å². The summed E-state index contributed by atoms with van der Waals surface area (Å²) < 4.78 is 13.5. The molecule has 0 bridgehead atoms. The molecule has 2 amide bonds. The molecular weight excluding hydrogens is 353 g/mol. The zero-order valence-corrected chi connectivity index (χ0v) is 16.5. The second-order valence-electron chi connectivity index (χ2n) is 8.35. The van der Waals surface area contributed by atoms with Crippen LogP contribution >= 0.6 is 0 Å². The van der Waals surface area contributed by atoms with Crippen LogP contribution in [0, 0.1) is 11.2 Å². The molecule has 1 N–H and O–H groups in total. The topological polar surface area (TPSA) is 35.6 Å². The van der Waals surface area contributed by atoms with Crippen LogP contribution in [0.2, 0.25) is 0 Å². The molecule has 150 valence electrons. The fraction of sp³-hybridized carbons (Fsp3) is 0.435. The Morgan fingerprint density at radius 2 is 2.00 bits per heavy atom. The molecule has 2 atom stereocenters. The van der Waals surface area contributed by atoms with Crippen molar-refractivity contribution in [3.05, 3.63) is 72.1 Å². The van der Waals surface area contributed by atoms with Crippen LogP contribution in [0.1, 0.15) is 32.3 Å². The van der Waals surface area contributed by atoms with E-state index in [0.717, 1.165) is 36.2 Å². The van der Waals surface area contributed by atoms with Crippen molar-refractivity contribution in [2.75, 3.05) is 26.7 Å². The number of carbonyl (C=O) groups excluding carboxylic acids is 1. The number of likely N-dealkylation sites (N-methyl/N-ethyl adjacent to an activating group) is 1. The Morgan fingerprint density at radius 1 is 1.29 bits per heavy atom. The van der Waals surface area contributed by atoms with E-state index in [1.165, 1.54) is 25.0 Å². The van der Waals surface area contributed by atoms with Crippen molar-refractivity contribution in [2.24, 2.45) is 5.41 Å². The van der Waals surface area contributed by atoms with Gasteiger partial charge < -0.3 is 15.1 Å². The number of rotatable bonds is 4. The number of hydrogen-bond donors (Lipinski definition) is 1. The van der Waals surface area contributed by atoms with E-state index in [0.29, 0.717) is 6.54 Å². The average Bonchev–Trinajstić information content (AvgIpc) is 3.40. The number of nitrogens with one attached hydrogen (secondary N) is 1. The number of halogens is 1. The van der Waals surface area contributed by atoms with Crippen LogP contribution in [-0.4, -0.2) is 48.6 Å². The van der Waals surface area contributed by atoms with Crippen molar-refractivity contribution in [2.45, 2.75) is 31.3 Å². The molecule has 0 radical (unpaired) electrons. The second kappa shape index (κ2) is 7.21. The molecule has 4 nitrogen and oxygen atoms in total. The van der Waals surface area contributed by atoms with Gasteiger partial charge in [-0.1, -0.05) is 37.4 Å². The first kappa shape index (κ1) is 18.9. The quantitative estimate of drug-likeness (QED) is 0.842. The summed E-state index contributed by atoms with van der Waals surface area (Å²) in [5.74, 6) is -0.284. The molecule has 1 aromatic rings. The van der Waals surface area contributed by atoms with Gasteiger partial charge in [0.2, 0.25) is 0 Å². The Labute approximate surface area is 167 Å². The van der Waals surface area contributed by atoms with E-state index in [2.05, 4.69) is 30.4 Å². The van der Waals surface area contributed by atoms with Crippen LogP contribution < -0.4 is 5.32 Å². The van der Waals surface area contributed by atoms with Gasteiger partial charge in [-0.2, -0.15) is 0 Å². The van der Waals surface area contributed by atoms with Crippen molar-refractivity contribution in [1.82, 2.24) is 15.1 Å². The maximum absolute atomic E-state index is 13.5. The third-order valence-electron chi connectivity index (χ3n) is 6.52. The molecule has 1 aromatic carbocycles. The maximum atomic E-state index is 13.5. The van der Waals surface area contributed by atoms with Crippen molar-refractivity contribution in [1.29, 1.82) is 0 Å². The maximum Gasteiger partial charge on any atom is 0.318 e. The largest absolute Gasteiger partial charge is 0.333 e. The highest BCUT2D eigenvalue weighted by Gasteiger charge is 2.55. The molecule has 2 heterocycles. The van der Waals surface area contributed by atoms with Gasteiger partial charge in [-0.25, -0.2) is 9.18 Å². The normalized spacial score (nSPS) is 26.4. The fourth-order valence-corrected chi connectivity index (χ4v) is 4.86. The smallest absolute Gasteiger partial charge is 0.318 e. The summed E-state index contributed by atoms with van der Waals surface area (Å²) >= 11 is 0. The van der Waals surface area contributed by atoms with Crippen LogP contribution in [0.3, 0.4) is 0 Å². The molecule has 1 saturated carbocycles. The zero-order chi connectivity index (χ0) is 19.9. The number of carbonyl (C=O) groups is 1. The van der Waals surface area contributed by atoms with Crippen LogP contribution in [0.4, 0.5) is 9.18 Å². The van der Waals surface area contributed by atoms with Crippen LogP contribution in [0.5, 0.6) is 0 Å². The van der Waals surface area contributed by atoms with Gasteiger partial charge in [-0.15, -0.1) is 0 Å². The summed E-state index contributed by atoms with van der Waals surface area (Å²) in [4.78, 5) is 17.5. The molecule has 1 saturated heterocycles. The molecule has 1 aliphatic carbocycles. The number of benzene rings is 1. The summed E-state index contributed by atoms with van der Waals surface area (Å²) in [6.45, 7) is 10.4. The Bertz CT molecular complexity index is 831. The number of amides is 2. The van der Waals surface area contributed by atoms with Gasteiger partial charge in [0.1, 0.15) is 5.82 Å². The molecule has 5 heteroatoms. The molecule has 3 aliphatic rings. The fourth-order valence-electron chi connectivity index (χ4n) is 4.86. The Hall–Kier alpha value is -2.40. The summed E-state index contributed by atoms with van der Waals surface area (Å²) in [5, 5.41) is 3.31. The van der Waals surface area contributed by atoms with Gasteiger partial charge in [-0.05, 0) is 55.2 Å². The molecular formula is C23H30FN3O. The van der Waals surface area contributed by atoms with Crippen molar-refractivity contribution >= 4 is 6.03 Å². The van der Waals surface area contributed by atoms with E-state index in [1.807, 2.05) is 11.0 Å². The molecule has 0 aromatic heterocycles. The predicted octanol–water partition coefficient (Wildman–Crippen LogP) is 4.29. The minimum atomic E-state index is -0.284. The molecule has 2 fully saturated rings. The number of urea groups is 1. The lowest BCUT2D eigenvalue weighted by molar-refractivity contribution is 0.173. The molecule has 28 heavy (non-hydrogen) atoms. The second-order valence-corrected chi connectivity index (χ2v) is 8.35. The first-order valence-corrected chi connectivity index (χ1v) is 9.96. The monoisotopic (exact) mass is 383 g/mol. The average molecular weight is 384 g/mol. The van der Waals surface area contributed by atoms with E-state index < -0.39 is 0 Å². The molecule has 1 spiro atoms. The lowest BCUT2D eigenvalue weighted by atomic mass is 9.88. The number of hydrogen-bond acceptors (Lipinski definition) is 2. The van der Waals surface area contributed by atoms with E-state index >= 15 is 0 Å². The van der Waals surface area contributed by atoms with Gasteiger partial charge in [0.25, 0.3) is 0 Å². The number of allylic oxidation sites excluding steroid dienone is 1. The molecule has 4 rings (SSSR count). The predicted molar refractivity (Wildman–Crippen MR) is 111 cm³/mol. The van der Waals surface area contributed by atoms with Crippen molar-refractivity contribution in [3.8, 4) is 0 Å². The third-order valence-corrected chi connectivity index (χ3v) is 6.52.